The number of methoxy groups -OCH3 is 1. The number of amides is 1. The summed E-state index contributed by atoms with van der Waals surface area (Å²) in [5.41, 5.74) is 5.41. The van der Waals surface area contributed by atoms with E-state index in [9.17, 15) is 10.1 Å². The Kier molecular flexibility index (Phi) is 7.12. The van der Waals surface area contributed by atoms with Crippen LogP contribution in [-0.4, -0.2) is 13.0 Å². The lowest BCUT2D eigenvalue weighted by atomic mass is 10.0. The number of hydrogen-bond acceptors (Lipinski definition) is 3. The largest absolute Gasteiger partial charge is 0.496 e. The van der Waals surface area contributed by atoms with Crippen molar-refractivity contribution in [1.29, 1.82) is 5.26 Å². The van der Waals surface area contributed by atoms with Gasteiger partial charge in [0.05, 0.1) is 7.11 Å². The van der Waals surface area contributed by atoms with Gasteiger partial charge in [0, 0.05) is 17.1 Å². The van der Waals surface area contributed by atoms with E-state index >= 15 is 0 Å². The van der Waals surface area contributed by atoms with E-state index in [-0.39, 0.29) is 5.57 Å². The second-order valence-electron chi connectivity index (χ2n) is 7.28. The van der Waals surface area contributed by atoms with Crippen molar-refractivity contribution in [3.8, 4) is 11.8 Å². The van der Waals surface area contributed by atoms with Crippen LogP contribution < -0.4 is 10.1 Å². The molecule has 1 amide bonds. The van der Waals surface area contributed by atoms with Gasteiger partial charge >= 0.3 is 0 Å². The summed E-state index contributed by atoms with van der Waals surface area (Å²) in [7, 11) is 1.59. The normalized spacial score (nSPS) is 11.0. The number of ether oxygens (including phenoxy) is 1. The highest BCUT2D eigenvalue weighted by Gasteiger charge is 2.12. The summed E-state index contributed by atoms with van der Waals surface area (Å²) in [6, 6.07) is 21.0. The number of benzene rings is 3. The van der Waals surface area contributed by atoms with Crippen LogP contribution in [0.15, 0.2) is 66.2 Å². The van der Waals surface area contributed by atoms with Gasteiger partial charge in [0.2, 0.25) is 0 Å². The van der Waals surface area contributed by atoms with Gasteiger partial charge in [-0.05, 0) is 60.4 Å². The van der Waals surface area contributed by atoms with E-state index in [0.29, 0.717) is 28.4 Å². The second-order valence-corrected chi connectivity index (χ2v) is 7.69. The van der Waals surface area contributed by atoms with Crippen LogP contribution in [0.2, 0.25) is 5.02 Å². The Morgan fingerprint density at radius 2 is 1.87 bits per heavy atom. The molecule has 31 heavy (non-hydrogen) atoms. The Hall–Kier alpha value is -3.55. The number of anilines is 1. The van der Waals surface area contributed by atoms with Gasteiger partial charge < -0.3 is 10.1 Å². The number of aryl methyl sites for hydroxylation is 2. The topological polar surface area (TPSA) is 62.1 Å². The van der Waals surface area contributed by atoms with Crippen LogP contribution in [0.3, 0.4) is 0 Å². The summed E-state index contributed by atoms with van der Waals surface area (Å²) in [6.45, 7) is 3.91. The minimum Gasteiger partial charge on any atom is -0.496 e. The van der Waals surface area contributed by atoms with E-state index in [0.717, 1.165) is 22.3 Å². The second kappa shape index (κ2) is 9.97. The van der Waals surface area contributed by atoms with E-state index < -0.39 is 5.91 Å². The zero-order chi connectivity index (χ0) is 22.4. The Labute approximate surface area is 187 Å². The van der Waals surface area contributed by atoms with Crippen LogP contribution in [0.25, 0.3) is 6.08 Å². The van der Waals surface area contributed by atoms with Crippen molar-refractivity contribution in [2.24, 2.45) is 0 Å². The third-order valence-corrected chi connectivity index (χ3v) is 5.32. The molecule has 1 N–H and O–H groups in total. The molecule has 4 nitrogen and oxygen atoms in total. The molecule has 0 aliphatic carbocycles. The summed E-state index contributed by atoms with van der Waals surface area (Å²) in [5, 5.41) is 13.0. The molecule has 0 fully saturated rings. The molecular weight excluding hydrogens is 408 g/mol. The number of halogens is 1. The number of nitrogens with zero attached hydrogens (tertiary/aromatic N) is 1. The maximum Gasteiger partial charge on any atom is 0.266 e. The first kappa shape index (κ1) is 22.1. The van der Waals surface area contributed by atoms with Crippen LogP contribution in [0.1, 0.15) is 27.8 Å². The van der Waals surface area contributed by atoms with Crippen LogP contribution in [0.5, 0.6) is 5.75 Å². The predicted octanol–water partition coefficient (Wildman–Crippen LogP) is 6.10. The third kappa shape index (κ3) is 5.53. The molecule has 0 aromatic heterocycles. The average Bonchev–Trinajstić information content (AvgIpc) is 2.76. The number of hydrogen-bond donors (Lipinski definition) is 1. The SMILES string of the molecule is COc1cc(/C=C(\C#N)C(=O)Nc2ccc(C)cc2C)ccc1Cc1ccccc1Cl. The standard InChI is InChI=1S/C26H23ClN2O2/c1-17-8-11-24(18(2)12-17)29-26(30)22(16-28)13-19-9-10-21(25(14-19)31-3)15-20-6-4-5-7-23(20)27/h4-14H,15H2,1-3H3,(H,29,30)/b22-13+. The molecule has 0 saturated carbocycles. The van der Waals surface area contributed by atoms with Crippen LogP contribution >= 0.6 is 11.6 Å². The van der Waals surface area contributed by atoms with Gasteiger partial charge in [-0.2, -0.15) is 5.26 Å². The summed E-state index contributed by atoms with van der Waals surface area (Å²) in [5.74, 6) is 0.217. The Bertz CT molecular complexity index is 1190. The van der Waals surface area contributed by atoms with E-state index in [1.807, 2.05) is 80.6 Å². The van der Waals surface area contributed by atoms with Gasteiger partial charge in [-0.1, -0.05) is 59.6 Å². The summed E-state index contributed by atoms with van der Waals surface area (Å²) < 4.78 is 5.54. The van der Waals surface area contributed by atoms with E-state index in [4.69, 9.17) is 16.3 Å². The van der Waals surface area contributed by atoms with Gasteiger partial charge in [0.1, 0.15) is 17.4 Å². The lowest BCUT2D eigenvalue weighted by molar-refractivity contribution is -0.112. The lowest BCUT2D eigenvalue weighted by Crippen LogP contribution is -2.14. The number of nitriles is 1. The molecule has 3 aromatic carbocycles. The predicted molar refractivity (Wildman–Crippen MR) is 125 cm³/mol. The summed E-state index contributed by atoms with van der Waals surface area (Å²) in [4.78, 5) is 12.6. The fraction of sp³-hybridized carbons (Fsp3) is 0.154. The fourth-order valence-electron chi connectivity index (χ4n) is 3.30. The molecule has 3 rings (SSSR count). The van der Waals surface area contributed by atoms with Crippen molar-refractivity contribution in [2.75, 3.05) is 12.4 Å². The molecule has 0 heterocycles. The first-order chi connectivity index (χ1) is 14.9. The zero-order valence-electron chi connectivity index (χ0n) is 17.7. The Morgan fingerprint density at radius 1 is 1.10 bits per heavy atom. The monoisotopic (exact) mass is 430 g/mol. The highest BCUT2D eigenvalue weighted by atomic mass is 35.5. The number of carbonyl (C=O) groups is 1. The third-order valence-electron chi connectivity index (χ3n) is 4.96. The molecule has 0 saturated heterocycles. The number of carbonyl (C=O) groups excluding carboxylic acids is 1. The zero-order valence-corrected chi connectivity index (χ0v) is 18.5. The first-order valence-electron chi connectivity index (χ1n) is 9.82. The van der Waals surface area contributed by atoms with Crippen molar-refractivity contribution in [2.45, 2.75) is 20.3 Å². The van der Waals surface area contributed by atoms with Crippen molar-refractivity contribution in [1.82, 2.24) is 0 Å². The van der Waals surface area contributed by atoms with Crippen molar-refractivity contribution < 1.29 is 9.53 Å². The van der Waals surface area contributed by atoms with Gasteiger partial charge in [0.25, 0.3) is 5.91 Å². The first-order valence-corrected chi connectivity index (χ1v) is 10.2. The van der Waals surface area contributed by atoms with Crippen LogP contribution in [-0.2, 0) is 11.2 Å². The number of nitrogens with one attached hydrogen (secondary N) is 1. The molecule has 5 heteroatoms. The molecule has 156 valence electrons. The smallest absolute Gasteiger partial charge is 0.266 e. The summed E-state index contributed by atoms with van der Waals surface area (Å²) >= 11 is 6.28. The highest BCUT2D eigenvalue weighted by Crippen LogP contribution is 2.27. The molecule has 0 spiro atoms. The van der Waals surface area contributed by atoms with E-state index in [2.05, 4.69) is 5.32 Å². The molecule has 0 aliphatic rings. The molecule has 0 bridgehead atoms. The van der Waals surface area contributed by atoms with E-state index in [1.165, 1.54) is 0 Å². The van der Waals surface area contributed by atoms with Gasteiger partial charge in [-0.3, -0.25) is 4.79 Å². The van der Waals surface area contributed by atoms with Gasteiger partial charge in [-0.25, -0.2) is 0 Å². The average molecular weight is 431 g/mol. The minimum atomic E-state index is -0.450. The molecule has 0 aliphatic heterocycles. The fourth-order valence-corrected chi connectivity index (χ4v) is 3.51. The Balaban J connectivity index is 1.84. The maximum absolute atomic E-state index is 12.6. The van der Waals surface area contributed by atoms with Crippen LogP contribution in [0, 0.1) is 25.2 Å². The molecule has 3 aromatic rings. The quantitative estimate of drug-likeness (QED) is 0.379. The maximum atomic E-state index is 12.6. The molecule has 0 unspecified atom stereocenters. The molecule has 0 atom stereocenters. The lowest BCUT2D eigenvalue weighted by Gasteiger charge is -2.11. The minimum absolute atomic E-state index is 0.0147. The van der Waals surface area contributed by atoms with Crippen molar-refractivity contribution in [3.63, 3.8) is 0 Å². The van der Waals surface area contributed by atoms with Gasteiger partial charge in [-0.15, -0.1) is 0 Å². The molecule has 0 radical (unpaired) electrons. The summed E-state index contributed by atoms with van der Waals surface area (Å²) in [6.07, 6.45) is 2.17. The Morgan fingerprint density at radius 3 is 2.55 bits per heavy atom. The molecular formula is C26H23ClN2O2. The van der Waals surface area contributed by atoms with Gasteiger partial charge in [0.15, 0.2) is 0 Å². The number of rotatable bonds is 6. The van der Waals surface area contributed by atoms with Crippen molar-refractivity contribution >= 4 is 29.3 Å². The highest BCUT2D eigenvalue weighted by molar-refractivity contribution is 6.31. The van der Waals surface area contributed by atoms with Crippen LogP contribution in [0.4, 0.5) is 5.69 Å². The van der Waals surface area contributed by atoms with Crippen molar-refractivity contribution in [3.05, 3.63) is 99.1 Å². The van der Waals surface area contributed by atoms with E-state index in [1.54, 1.807) is 13.2 Å².